The highest BCUT2D eigenvalue weighted by molar-refractivity contribution is 8.02. The van der Waals surface area contributed by atoms with E-state index in [4.69, 9.17) is 48.4 Å². The summed E-state index contributed by atoms with van der Waals surface area (Å²) in [7, 11) is 0. The van der Waals surface area contributed by atoms with Crippen molar-refractivity contribution in [1.29, 1.82) is 0 Å². The van der Waals surface area contributed by atoms with Crippen molar-refractivity contribution in [3.8, 4) is 33.8 Å². The number of hydrogen-bond donors (Lipinski definition) is 8. The second-order valence-corrected chi connectivity index (χ2v) is 33.3. The van der Waals surface area contributed by atoms with E-state index in [0.717, 1.165) is 26.2 Å². The van der Waals surface area contributed by atoms with Crippen LogP contribution in [0.5, 0.6) is 0 Å². The van der Waals surface area contributed by atoms with E-state index in [2.05, 4.69) is 90.6 Å². The Morgan fingerprint density at radius 1 is 0.419 bits per heavy atom. The maximum absolute atomic E-state index is 13.0. The number of β-lactam (4-membered cyclic amide) rings is 3. The van der Waals surface area contributed by atoms with Crippen molar-refractivity contribution in [2.75, 3.05) is 13.1 Å². The number of halogens is 3. The van der Waals surface area contributed by atoms with Crippen LogP contribution in [0.2, 0.25) is 15.1 Å². The fourth-order valence-corrected chi connectivity index (χ4v) is 18.9. The van der Waals surface area contributed by atoms with Crippen LogP contribution in [-0.4, -0.2) is 179 Å². The number of nitrogens with one attached hydrogen (secondary N) is 5. The van der Waals surface area contributed by atoms with Gasteiger partial charge in [0.05, 0.1) is 15.1 Å². The van der Waals surface area contributed by atoms with Gasteiger partial charge in [-0.1, -0.05) is 166 Å². The first kappa shape index (κ1) is 76.9. The molecule has 550 valence electrons. The lowest BCUT2D eigenvalue weighted by molar-refractivity contribution is -0.159. The summed E-state index contributed by atoms with van der Waals surface area (Å²) in [6.07, 6.45) is 0. The molecule has 6 aliphatic rings. The number of aliphatic carboxylic acids is 3. The van der Waals surface area contributed by atoms with Gasteiger partial charge in [-0.15, -0.1) is 35.3 Å². The molecule has 6 fully saturated rings. The average molecular weight is 1550 g/mol. The largest absolute Gasteiger partial charge is 0.480 e. The zero-order valence-electron chi connectivity index (χ0n) is 58.0. The van der Waals surface area contributed by atoms with Gasteiger partial charge in [-0.3, -0.25) is 28.8 Å². The number of carboxylic acids is 3. The van der Waals surface area contributed by atoms with Crippen LogP contribution < -0.4 is 26.6 Å². The predicted molar refractivity (Wildman–Crippen MR) is 396 cm³/mol. The highest BCUT2D eigenvalue weighted by atomic mass is 35.5. The molecule has 6 saturated heterocycles. The minimum atomic E-state index is -1.06. The molecule has 9 atom stereocenters. The van der Waals surface area contributed by atoms with E-state index >= 15 is 0 Å². The molecule has 0 bridgehead atoms. The zero-order chi connectivity index (χ0) is 75.7. The third-order valence-corrected chi connectivity index (χ3v) is 24.1. The highest BCUT2D eigenvalue weighted by Gasteiger charge is 2.67. The number of fused-ring (bicyclic) bond motifs is 3. The number of amides is 6. The SMILES string of the molecule is Cc1onc(-c2ccccc2Cl)c1C(=O)N[C@@H]1C(=O)N2[C@@H]1SC(C)(C)[C@@H]2C(=O)O.Cc1onc(-c2ccccc2Cl)c1C(=O)N[C@@H]1C(=O)N2[C@@H]1SC(C)(C)[C@@H]2C(=O)O.Cc1onc(-c2ccccc2Cl)c1C(=O)N[C@@H]1C(=O)N2[C@@H]1SC(C)(C)[C@@H]2C(=O)O.c1ccc(CNCCNCc2ccccc2)cc1. The topological polar surface area (TPSA) is 362 Å². The number of aromatic nitrogens is 3. The Balaban J connectivity index is 0.000000142. The van der Waals surface area contributed by atoms with Crippen LogP contribution in [0.1, 0.15) is 101 Å². The Kier molecular flexibility index (Phi) is 23.1. The van der Waals surface area contributed by atoms with Gasteiger partial charge >= 0.3 is 17.9 Å². The molecular formula is C73H74Cl3N11O15S3. The van der Waals surface area contributed by atoms with Gasteiger partial charge < -0.3 is 70.2 Å². The Morgan fingerprint density at radius 3 is 0.914 bits per heavy atom. The van der Waals surface area contributed by atoms with Crippen molar-refractivity contribution in [1.82, 2.24) is 56.8 Å². The molecule has 6 aliphatic heterocycles. The molecule has 14 rings (SSSR count). The number of benzene rings is 5. The Hall–Kier alpha value is -9.20. The number of thioether (sulfide) groups is 3. The second-order valence-electron chi connectivity index (χ2n) is 26.8. The van der Waals surface area contributed by atoms with Crippen molar-refractivity contribution in [2.24, 2.45) is 0 Å². The van der Waals surface area contributed by atoms with Crippen molar-refractivity contribution < 1.29 is 72.0 Å². The molecule has 9 heterocycles. The molecular weight excluding hydrogens is 1470 g/mol. The maximum Gasteiger partial charge on any atom is 0.327 e. The molecule has 0 saturated carbocycles. The number of carbonyl (C=O) groups is 9. The molecule has 32 heteroatoms. The number of hydrogen-bond acceptors (Lipinski definition) is 20. The van der Waals surface area contributed by atoms with Gasteiger partial charge in [0, 0.05) is 57.1 Å². The van der Waals surface area contributed by atoms with E-state index in [9.17, 15) is 58.5 Å². The maximum atomic E-state index is 13.0. The van der Waals surface area contributed by atoms with E-state index < -0.39 is 120 Å². The van der Waals surface area contributed by atoms with Crippen LogP contribution in [0.25, 0.3) is 33.8 Å². The van der Waals surface area contributed by atoms with Crippen LogP contribution in [0.4, 0.5) is 0 Å². The lowest BCUT2D eigenvalue weighted by Crippen LogP contribution is -2.70. The van der Waals surface area contributed by atoms with E-state index in [1.54, 1.807) is 135 Å². The molecule has 3 aromatic heterocycles. The van der Waals surface area contributed by atoms with Gasteiger partial charge in [0.1, 0.15) is 103 Å². The second kappa shape index (κ2) is 31.5. The molecule has 8 N–H and O–H groups in total. The lowest BCUT2D eigenvalue weighted by atomic mass is 9.95. The summed E-state index contributed by atoms with van der Waals surface area (Å²) in [6.45, 7) is 19.3. The Bertz CT molecular complexity index is 4240. The first-order chi connectivity index (χ1) is 49.8. The van der Waals surface area contributed by atoms with Gasteiger partial charge in [-0.25, -0.2) is 14.4 Å². The van der Waals surface area contributed by atoms with Crippen molar-refractivity contribution in [3.63, 3.8) is 0 Å². The predicted octanol–water partition coefficient (Wildman–Crippen LogP) is 10.2. The summed E-state index contributed by atoms with van der Waals surface area (Å²) < 4.78 is 13.6. The van der Waals surface area contributed by atoms with Crippen molar-refractivity contribution in [3.05, 3.63) is 194 Å². The molecule has 26 nitrogen and oxygen atoms in total. The number of aryl methyl sites for hydroxylation is 3. The molecule has 0 aliphatic carbocycles. The fraction of sp³-hybridized carbons (Fsp3) is 0.342. The number of carboxylic acid groups (broad SMARTS) is 3. The third kappa shape index (κ3) is 15.6. The highest BCUT2D eigenvalue weighted by Crippen LogP contribution is 2.54. The van der Waals surface area contributed by atoms with E-state index in [-0.39, 0.29) is 33.8 Å². The molecule has 6 amide bonds. The van der Waals surface area contributed by atoms with Gasteiger partial charge in [0.2, 0.25) is 17.7 Å². The zero-order valence-corrected chi connectivity index (χ0v) is 62.7. The molecule has 0 unspecified atom stereocenters. The van der Waals surface area contributed by atoms with Crippen LogP contribution in [0.15, 0.2) is 147 Å². The van der Waals surface area contributed by atoms with Crippen LogP contribution in [0, 0.1) is 20.8 Å². The molecule has 8 aromatic rings. The van der Waals surface area contributed by atoms with E-state index in [1.165, 1.54) is 61.1 Å². The van der Waals surface area contributed by atoms with Gasteiger partial charge in [-0.2, -0.15) is 0 Å². The minimum absolute atomic E-state index is 0.196. The first-order valence-electron chi connectivity index (χ1n) is 33.1. The van der Waals surface area contributed by atoms with Gasteiger partial charge in [0.25, 0.3) is 17.7 Å². The van der Waals surface area contributed by atoms with E-state index in [0.29, 0.717) is 49.0 Å². The fourth-order valence-electron chi connectivity index (χ4n) is 13.3. The van der Waals surface area contributed by atoms with Crippen molar-refractivity contribution >= 4 is 123 Å². The Labute approximate surface area is 630 Å². The Morgan fingerprint density at radius 2 is 0.667 bits per heavy atom. The average Bonchev–Trinajstić information content (AvgIpc) is 1.58. The van der Waals surface area contributed by atoms with Crippen LogP contribution in [0.3, 0.4) is 0 Å². The van der Waals surface area contributed by atoms with Crippen molar-refractivity contribution in [2.45, 2.75) is 142 Å². The minimum Gasteiger partial charge on any atom is -0.480 e. The summed E-state index contributed by atoms with van der Waals surface area (Å²) >= 11 is 22.8. The summed E-state index contributed by atoms with van der Waals surface area (Å²) in [4.78, 5) is 116. The number of rotatable bonds is 19. The van der Waals surface area contributed by atoms with Gasteiger partial charge in [0.15, 0.2) is 0 Å². The quantitative estimate of drug-likeness (QED) is 0.0275. The summed E-state index contributed by atoms with van der Waals surface area (Å²) in [6, 6.07) is 36.5. The smallest absolute Gasteiger partial charge is 0.327 e. The standard InChI is InChI=1S/3C19H18ClN3O5S.C16H20N2/c3*1-8-11(12(22-28-8)9-6-4-5-7-10(9)20)15(24)21-13-16(25)23-14(18(26)27)19(2,3)29-17(13)23;1-3-7-15(8-4-1)13-17-11-12-18-14-16-9-5-2-6-10-16/h3*4-7,13-14,17H,1-3H3,(H,21,24)(H,26,27);1-10,17-18H,11-14H2/t3*13-,14+,17-;/m111./s1. The first-order valence-corrected chi connectivity index (χ1v) is 36.9. The lowest BCUT2D eigenvalue weighted by Gasteiger charge is -2.43. The molecule has 0 radical (unpaired) electrons. The molecule has 105 heavy (non-hydrogen) atoms. The number of nitrogens with zero attached hydrogens (tertiary/aromatic N) is 6. The monoisotopic (exact) mass is 1550 g/mol. The normalized spacial score (nSPS) is 22.3. The summed E-state index contributed by atoms with van der Waals surface area (Å²) in [5.41, 5.74) is 5.75. The third-order valence-electron chi connectivity index (χ3n) is 18.4. The van der Waals surface area contributed by atoms with Crippen LogP contribution >= 0.6 is 70.1 Å². The summed E-state index contributed by atoms with van der Waals surface area (Å²) in [5, 5.41) is 55.3. The molecule has 0 spiro atoms. The number of carbonyl (C=O) groups excluding carboxylic acids is 6. The van der Waals surface area contributed by atoms with Gasteiger partial charge in [-0.05, 0) is 91.6 Å². The molecule has 5 aromatic carbocycles. The van der Waals surface area contributed by atoms with Crippen LogP contribution in [-0.2, 0) is 41.9 Å². The van der Waals surface area contributed by atoms with E-state index in [1.807, 2.05) is 12.1 Å². The summed E-state index contributed by atoms with van der Waals surface area (Å²) in [5.74, 6) is -5.09.